The fourth-order valence-electron chi connectivity index (χ4n) is 6.00. The molecule has 0 spiro atoms. The number of imide groups is 1. The number of benzene rings is 2. The van der Waals surface area contributed by atoms with Gasteiger partial charge in [0, 0.05) is 11.3 Å². The Bertz CT molecular complexity index is 1120. The van der Waals surface area contributed by atoms with Crippen molar-refractivity contribution < 1.29 is 19.1 Å². The number of nitrogens with zero attached hydrogens (tertiary/aromatic N) is 1. The summed E-state index contributed by atoms with van der Waals surface area (Å²) in [6.45, 7) is 2.49. The molecule has 4 aliphatic carbocycles. The van der Waals surface area contributed by atoms with E-state index in [-0.39, 0.29) is 41.4 Å². The van der Waals surface area contributed by atoms with Crippen LogP contribution >= 0.6 is 0 Å². The van der Waals surface area contributed by atoms with Gasteiger partial charge in [0.15, 0.2) is 0 Å². The number of amides is 3. The van der Waals surface area contributed by atoms with Crippen LogP contribution in [0, 0.1) is 35.5 Å². The Morgan fingerprint density at radius 1 is 1.00 bits per heavy atom. The standard InChI is InChI=1S/C26H24N2O4/c1-2-32-17-8-6-15(7-9-17)27-24(29)14-4-3-5-16(12-14)28-25(30)22-18-10-11-19(21-13-20(18)21)23(22)26(28)31/h3-12,18-23H,2,13H2,1H3,(H,27,29)/t18-,19-,20-,21-,22+,23+/m1/s1. The number of ether oxygens (including phenoxy) is 1. The van der Waals surface area contributed by atoms with Gasteiger partial charge in [-0.2, -0.15) is 0 Å². The second-order valence-electron chi connectivity index (χ2n) is 9.13. The SMILES string of the molecule is CCOc1ccc(NC(=O)c2cccc(N3C(=O)[C@H]4[C@@H]5C=C[C@H]([C@H]6C[C@H]56)[C@@H]4C3=O)c2)cc1. The molecule has 6 heteroatoms. The van der Waals surface area contributed by atoms with Crippen LogP contribution in [-0.2, 0) is 9.59 Å². The lowest BCUT2D eigenvalue weighted by molar-refractivity contribution is -0.124. The molecular formula is C26H24N2O4. The zero-order chi connectivity index (χ0) is 22.0. The highest BCUT2D eigenvalue weighted by Gasteiger charge is 2.67. The maximum atomic E-state index is 13.3. The average molecular weight is 428 g/mol. The number of carbonyl (C=O) groups is 3. The van der Waals surface area contributed by atoms with Crippen molar-refractivity contribution in [3.63, 3.8) is 0 Å². The summed E-state index contributed by atoms with van der Waals surface area (Å²) in [5.74, 6) is 1.21. The molecule has 6 nitrogen and oxygen atoms in total. The largest absolute Gasteiger partial charge is 0.494 e. The first-order valence-corrected chi connectivity index (χ1v) is 11.3. The van der Waals surface area contributed by atoms with Crippen LogP contribution in [0.5, 0.6) is 5.75 Å². The van der Waals surface area contributed by atoms with Gasteiger partial charge in [-0.15, -0.1) is 0 Å². The van der Waals surface area contributed by atoms with Crippen molar-refractivity contribution in [2.75, 3.05) is 16.8 Å². The maximum Gasteiger partial charge on any atom is 0.255 e. The molecule has 2 saturated carbocycles. The highest BCUT2D eigenvalue weighted by Crippen LogP contribution is 2.65. The number of carbonyl (C=O) groups excluding carboxylic acids is 3. The third-order valence-electron chi connectivity index (χ3n) is 7.45. The van der Waals surface area contributed by atoms with Crippen molar-refractivity contribution in [3.8, 4) is 5.75 Å². The van der Waals surface area contributed by atoms with E-state index in [4.69, 9.17) is 4.74 Å². The first-order chi connectivity index (χ1) is 15.6. The van der Waals surface area contributed by atoms with Crippen molar-refractivity contribution in [3.05, 3.63) is 66.2 Å². The summed E-state index contributed by atoms with van der Waals surface area (Å²) in [5.41, 5.74) is 1.52. The number of anilines is 2. The minimum atomic E-state index is -0.296. The first-order valence-electron chi connectivity index (χ1n) is 11.3. The van der Waals surface area contributed by atoms with E-state index in [1.54, 1.807) is 48.5 Å². The maximum absolute atomic E-state index is 13.3. The smallest absolute Gasteiger partial charge is 0.255 e. The van der Waals surface area contributed by atoms with Crippen LogP contribution in [0.3, 0.4) is 0 Å². The van der Waals surface area contributed by atoms with Gasteiger partial charge in [0.1, 0.15) is 5.75 Å². The molecule has 0 unspecified atom stereocenters. The first kappa shape index (κ1) is 19.3. The van der Waals surface area contributed by atoms with Crippen molar-refractivity contribution in [1.82, 2.24) is 0 Å². The second-order valence-corrected chi connectivity index (χ2v) is 9.13. The number of nitrogens with one attached hydrogen (secondary N) is 1. The third kappa shape index (κ3) is 2.82. The van der Waals surface area contributed by atoms with Gasteiger partial charge in [-0.05, 0) is 79.5 Å². The molecule has 2 aromatic rings. The molecule has 3 amide bonds. The lowest BCUT2D eigenvalue weighted by Gasteiger charge is -2.37. The van der Waals surface area contributed by atoms with E-state index in [9.17, 15) is 14.4 Å². The molecule has 1 heterocycles. The van der Waals surface area contributed by atoms with Crippen LogP contribution in [0.1, 0.15) is 23.7 Å². The summed E-state index contributed by atoms with van der Waals surface area (Å²) in [7, 11) is 0. The number of hydrogen-bond donors (Lipinski definition) is 1. The zero-order valence-corrected chi connectivity index (χ0v) is 17.7. The molecule has 2 aromatic carbocycles. The molecule has 6 atom stereocenters. The lowest BCUT2D eigenvalue weighted by Crippen LogP contribution is -2.40. The summed E-state index contributed by atoms with van der Waals surface area (Å²) < 4.78 is 5.43. The zero-order valence-electron chi connectivity index (χ0n) is 17.7. The molecule has 32 heavy (non-hydrogen) atoms. The Labute approximate surface area is 186 Å². The molecule has 7 rings (SSSR count). The molecule has 1 N–H and O–H groups in total. The van der Waals surface area contributed by atoms with Crippen molar-refractivity contribution in [2.24, 2.45) is 35.5 Å². The summed E-state index contributed by atoms with van der Waals surface area (Å²) in [6.07, 6.45) is 5.46. The van der Waals surface area contributed by atoms with Crippen LogP contribution < -0.4 is 15.0 Å². The van der Waals surface area contributed by atoms with Crippen molar-refractivity contribution in [1.29, 1.82) is 0 Å². The van der Waals surface area contributed by atoms with Gasteiger partial charge in [-0.1, -0.05) is 18.2 Å². The van der Waals surface area contributed by atoms with Gasteiger partial charge in [-0.25, -0.2) is 4.90 Å². The number of hydrogen-bond acceptors (Lipinski definition) is 4. The fourth-order valence-corrected chi connectivity index (χ4v) is 6.00. The Kier molecular flexibility index (Phi) is 4.25. The molecule has 0 aromatic heterocycles. The predicted molar refractivity (Wildman–Crippen MR) is 119 cm³/mol. The Hall–Kier alpha value is -3.41. The monoisotopic (exact) mass is 428 g/mol. The van der Waals surface area contributed by atoms with Crippen molar-refractivity contribution >= 4 is 29.1 Å². The van der Waals surface area contributed by atoms with E-state index >= 15 is 0 Å². The van der Waals surface area contributed by atoms with E-state index in [1.807, 2.05) is 6.92 Å². The molecule has 2 bridgehead atoms. The van der Waals surface area contributed by atoms with E-state index in [2.05, 4.69) is 17.5 Å². The van der Waals surface area contributed by atoms with Crippen LogP contribution in [-0.4, -0.2) is 24.3 Å². The Morgan fingerprint density at radius 3 is 2.28 bits per heavy atom. The normalized spacial score (nSPS) is 31.3. The van der Waals surface area contributed by atoms with E-state index in [0.29, 0.717) is 35.4 Å². The van der Waals surface area contributed by atoms with Crippen LogP contribution in [0.4, 0.5) is 11.4 Å². The highest BCUT2D eigenvalue weighted by molar-refractivity contribution is 6.23. The molecule has 1 aliphatic heterocycles. The minimum Gasteiger partial charge on any atom is -0.494 e. The van der Waals surface area contributed by atoms with Crippen LogP contribution in [0.25, 0.3) is 0 Å². The lowest BCUT2D eigenvalue weighted by atomic mass is 9.63. The third-order valence-corrected chi connectivity index (χ3v) is 7.45. The molecule has 1 saturated heterocycles. The van der Waals surface area contributed by atoms with E-state index in [1.165, 1.54) is 4.90 Å². The van der Waals surface area contributed by atoms with E-state index in [0.717, 1.165) is 12.2 Å². The van der Waals surface area contributed by atoms with Crippen molar-refractivity contribution in [2.45, 2.75) is 13.3 Å². The molecule has 162 valence electrons. The van der Waals surface area contributed by atoms with Crippen LogP contribution in [0.2, 0.25) is 0 Å². The summed E-state index contributed by atoms with van der Waals surface area (Å²) >= 11 is 0. The number of rotatable bonds is 5. The van der Waals surface area contributed by atoms with Gasteiger partial charge in [0.05, 0.1) is 24.1 Å². The molecule has 0 radical (unpaired) electrons. The predicted octanol–water partition coefficient (Wildman–Crippen LogP) is 3.90. The minimum absolute atomic E-state index is 0.117. The van der Waals surface area contributed by atoms with Gasteiger partial charge >= 0.3 is 0 Å². The van der Waals surface area contributed by atoms with Crippen LogP contribution in [0.15, 0.2) is 60.7 Å². The molecule has 5 aliphatic rings. The summed E-state index contributed by atoms with van der Waals surface area (Å²) in [4.78, 5) is 40.8. The van der Waals surface area contributed by atoms with Gasteiger partial charge in [0.2, 0.25) is 11.8 Å². The summed E-state index contributed by atoms with van der Waals surface area (Å²) in [6, 6.07) is 13.9. The average Bonchev–Trinajstić information content (AvgIpc) is 3.59. The van der Waals surface area contributed by atoms with Gasteiger partial charge in [0.25, 0.3) is 5.91 Å². The molecule has 3 fully saturated rings. The Morgan fingerprint density at radius 2 is 1.66 bits per heavy atom. The fraction of sp³-hybridized carbons (Fsp3) is 0.346. The topological polar surface area (TPSA) is 75.7 Å². The van der Waals surface area contributed by atoms with Gasteiger partial charge < -0.3 is 10.1 Å². The summed E-state index contributed by atoms with van der Waals surface area (Å²) in [5, 5.41) is 2.86. The van der Waals surface area contributed by atoms with E-state index < -0.39 is 0 Å². The van der Waals surface area contributed by atoms with Gasteiger partial charge in [-0.3, -0.25) is 14.4 Å². The Balaban J connectivity index is 1.23. The highest BCUT2D eigenvalue weighted by atomic mass is 16.5. The molecular weight excluding hydrogens is 404 g/mol. The quantitative estimate of drug-likeness (QED) is 0.579. The second kappa shape index (κ2) is 7.05. The number of allylic oxidation sites excluding steroid dienone is 2.